The highest BCUT2D eigenvalue weighted by Crippen LogP contribution is 2.53. The number of thioether (sulfide) groups is 1. The molecule has 3 heterocycles. The number of hydrogen-bond donors (Lipinski definition) is 3. The number of benzene rings is 1. The van der Waals surface area contributed by atoms with Gasteiger partial charge in [0.1, 0.15) is 11.9 Å². The van der Waals surface area contributed by atoms with Gasteiger partial charge in [0, 0.05) is 59.7 Å². The van der Waals surface area contributed by atoms with Crippen LogP contribution in [-0.2, 0) is 14.3 Å². The number of ketones is 1. The molecule has 3 N–H and O–H groups in total. The molecular weight excluding hydrogens is 512 g/mol. The van der Waals surface area contributed by atoms with Gasteiger partial charge < -0.3 is 20.5 Å². The second-order valence-corrected chi connectivity index (χ2v) is 12.0. The fraction of sp³-hybridized carbons (Fsp3) is 0.400. The summed E-state index contributed by atoms with van der Waals surface area (Å²) in [7, 11) is 0. The normalized spacial score (nSPS) is 18.2. The third-order valence-corrected chi connectivity index (χ3v) is 8.72. The number of aromatic nitrogens is 2. The minimum atomic E-state index is -0.931. The van der Waals surface area contributed by atoms with Crippen molar-refractivity contribution in [2.45, 2.75) is 57.2 Å². The van der Waals surface area contributed by atoms with Crippen molar-refractivity contribution in [3.63, 3.8) is 0 Å². The van der Waals surface area contributed by atoms with Crippen LogP contribution in [0.3, 0.4) is 0 Å². The van der Waals surface area contributed by atoms with Gasteiger partial charge in [-0.15, -0.1) is 11.8 Å². The van der Waals surface area contributed by atoms with Crippen LogP contribution >= 0.6 is 11.8 Å². The van der Waals surface area contributed by atoms with Crippen LogP contribution in [0.2, 0.25) is 0 Å². The second-order valence-electron chi connectivity index (χ2n) is 10.4. The van der Waals surface area contributed by atoms with E-state index in [0.29, 0.717) is 43.2 Å². The molecule has 1 aromatic carbocycles. The summed E-state index contributed by atoms with van der Waals surface area (Å²) in [4.78, 5) is 35.3. The van der Waals surface area contributed by atoms with Gasteiger partial charge in [0.05, 0.1) is 10.3 Å². The summed E-state index contributed by atoms with van der Waals surface area (Å²) in [5.41, 5.74) is 1.90. The first kappa shape index (κ1) is 27.1. The van der Waals surface area contributed by atoms with E-state index in [4.69, 9.17) is 4.74 Å². The van der Waals surface area contributed by atoms with Gasteiger partial charge in [0.15, 0.2) is 5.78 Å². The Balaban J connectivity index is 1.40. The Bertz CT molecular complexity index is 1390. The molecule has 1 aliphatic carbocycles. The number of Topliss-reactive ketones (excluding diaryl/α,β-unsaturated/α-hetero) is 1. The number of carbonyl (C=O) groups is 2. The van der Waals surface area contributed by atoms with Gasteiger partial charge in [-0.2, -0.15) is 0 Å². The molecule has 8 nitrogen and oxygen atoms in total. The smallest absolute Gasteiger partial charge is 0.326 e. The Kier molecular flexibility index (Phi) is 7.91. The number of nitrogens with one attached hydrogen (secondary N) is 2. The maximum atomic E-state index is 13.3. The Morgan fingerprint density at radius 2 is 1.85 bits per heavy atom. The molecular formula is C30H34N4O4S. The number of carboxylic acids is 1. The van der Waals surface area contributed by atoms with Crippen LogP contribution in [0.1, 0.15) is 51.5 Å². The van der Waals surface area contributed by atoms with Gasteiger partial charge in [-0.05, 0) is 54.5 Å². The summed E-state index contributed by atoms with van der Waals surface area (Å²) in [6.07, 6.45) is 7.08. The Morgan fingerprint density at radius 1 is 1.13 bits per heavy atom. The van der Waals surface area contributed by atoms with E-state index in [-0.39, 0.29) is 17.0 Å². The second kappa shape index (κ2) is 11.4. The molecule has 1 aliphatic heterocycles. The molecule has 0 amide bonds. The molecule has 204 valence electrons. The molecule has 9 heteroatoms. The molecule has 0 bridgehead atoms. The summed E-state index contributed by atoms with van der Waals surface area (Å²) in [6.45, 7) is 7.08. The summed E-state index contributed by atoms with van der Waals surface area (Å²) >= 11 is 1.51. The summed E-state index contributed by atoms with van der Waals surface area (Å²) < 4.78 is 5.54. The van der Waals surface area contributed by atoms with Crippen LogP contribution in [0.15, 0.2) is 65.6 Å². The van der Waals surface area contributed by atoms with Crippen LogP contribution in [0.4, 0.5) is 11.5 Å². The molecule has 0 saturated carbocycles. The van der Waals surface area contributed by atoms with E-state index < -0.39 is 17.4 Å². The zero-order valence-electron chi connectivity index (χ0n) is 22.4. The zero-order valence-corrected chi connectivity index (χ0v) is 23.3. The first-order valence-electron chi connectivity index (χ1n) is 13.4. The largest absolute Gasteiger partial charge is 0.480 e. The van der Waals surface area contributed by atoms with E-state index in [1.165, 1.54) is 11.8 Å². The molecule has 2 aliphatic rings. The van der Waals surface area contributed by atoms with E-state index in [9.17, 15) is 14.7 Å². The number of hydrogen-bond acceptors (Lipinski definition) is 8. The van der Waals surface area contributed by atoms with Crippen LogP contribution in [0.25, 0.3) is 10.8 Å². The number of allylic oxidation sites excluding steroid dienone is 2. The highest BCUT2D eigenvalue weighted by Gasteiger charge is 2.55. The molecule has 3 aromatic rings. The number of carboxylic acid groups (broad SMARTS) is 1. The molecule has 5 rings (SSSR count). The average molecular weight is 547 g/mol. The lowest BCUT2D eigenvalue weighted by molar-refractivity contribution is -0.141. The number of ether oxygens (including phenoxy) is 1. The van der Waals surface area contributed by atoms with E-state index >= 15 is 0 Å². The highest BCUT2D eigenvalue weighted by atomic mass is 32.2. The zero-order chi connectivity index (χ0) is 27.6. The maximum absolute atomic E-state index is 13.3. The minimum absolute atomic E-state index is 0.122. The van der Waals surface area contributed by atoms with Crippen LogP contribution in [0.5, 0.6) is 0 Å². The van der Waals surface area contributed by atoms with Gasteiger partial charge in [0.25, 0.3) is 0 Å². The van der Waals surface area contributed by atoms with Crippen molar-refractivity contribution < 1.29 is 19.4 Å². The number of anilines is 2. The Labute approximate surface area is 232 Å². The molecule has 2 atom stereocenters. The van der Waals surface area contributed by atoms with E-state index in [0.717, 1.165) is 27.7 Å². The first-order chi connectivity index (χ1) is 18.8. The maximum Gasteiger partial charge on any atom is 0.326 e. The fourth-order valence-corrected chi connectivity index (χ4v) is 6.71. The summed E-state index contributed by atoms with van der Waals surface area (Å²) in [6, 6.07) is 10.8. The predicted octanol–water partition coefficient (Wildman–Crippen LogP) is 5.64. The quantitative estimate of drug-likeness (QED) is 0.297. The molecule has 1 spiro atoms. The minimum Gasteiger partial charge on any atom is -0.480 e. The van der Waals surface area contributed by atoms with Crippen molar-refractivity contribution >= 4 is 45.8 Å². The first-order valence-corrected chi connectivity index (χ1v) is 14.3. The predicted molar refractivity (Wildman–Crippen MR) is 154 cm³/mol. The van der Waals surface area contributed by atoms with Gasteiger partial charge in [0.2, 0.25) is 0 Å². The van der Waals surface area contributed by atoms with E-state index in [2.05, 4.69) is 20.6 Å². The average Bonchev–Trinajstić information content (AvgIpc) is 2.95. The highest BCUT2D eigenvalue weighted by molar-refractivity contribution is 8.04. The summed E-state index contributed by atoms with van der Waals surface area (Å²) in [5.74, 6) is -0.387. The third-order valence-electron chi connectivity index (χ3n) is 7.62. The van der Waals surface area contributed by atoms with Crippen LogP contribution in [0, 0.1) is 5.41 Å². The van der Waals surface area contributed by atoms with Crippen molar-refractivity contribution in [2.24, 2.45) is 5.41 Å². The van der Waals surface area contributed by atoms with Crippen molar-refractivity contribution in [3.05, 3.63) is 71.2 Å². The van der Waals surface area contributed by atoms with Crippen molar-refractivity contribution in [2.75, 3.05) is 18.5 Å². The van der Waals surface area contributed by atoms with E-state index in [1.807, 2.05) is 57.2 Å². The van der Waals surface area contributed by atoms with Crippen LogP contribution in [-0.4, -0.2) is 51.3 Å². The van der Waals surface area contributed by atoms with Gasteiger partial charge >= 0.3 is 5.97 Å². The number of carbonyl (C=O) groups excluding carboxylic acids is 1. The fourth-order valence-electron chi connectivity index (χ4n) is 5.56. The van der Waals surface area contributed by atoms with Gasteiger partial charge in [-0.1, -0.05) is 32.9 Å². The topological polar surface area (TPSA) is 113 Å². The lowest BCUT2D eigenvalue weighted by Gasteiger charge is -2.48. The number of rotatable bonds is 10. The number of nitrogens with zero attached hydrogens (tertiary/aromatic N) is 2. The molecule has 1 saturated heterocycles. The number of fused-ring (bicyclic) bond motifs is 1. The molecule has 1 fully saturated rings. The van der Waals surface area contributed by atoms with E-state index in [1.54, 1.807) is 18.6 Å². The molecule has 0 radical (unpaired) electrons. The lowest BCUT2D eigenvalue weighted by atomic mass is 9.65. The molecule has 1 unspecified atom stereocenters. The SMILES string of the molecule is CCC(c1ccc(Nc2nccc3ccncc23)cc1)[C@H](NC1=C(SC(C)C)C(=O)C12CCOCC2)C(=O)O. The van der Waals surface area contributed by atoms with Crippen molar-refractivity contribution in [1.29, 1.82) is 0 Å². The van der Waals surface area contributed by atoms with Crippen LogP contribution < -0.4 is 10.6 Å². The Hall–Kier alpha value is -3.43. The van der Waals surface area contributed by atoms with Gasteiger partial charge in [-0.25, -0.2) is 9.78 Å². The van der Waals surface area contributed by atoms with Gasteiger partial charge in [-0.3, -0.25) is 9.78 Å². The number of aliphatic carboxylic acids is 1. The molecule has 39 heavy (non-hydrogen) atoms. The van der Waals surface area contributed by atoms with Crippen molar-refractivity contribution in [1.82, 2.24) is 15.3 Å². The third kappa shape index (κ3) is 5.25. The Morgan fingerprint density at radius 3 is 2.51 bits per heavy atom. The lowest BCUT2D eigenvalue weighted by Crippen LogP contribution is -2.56. The summed E-state index contributed by atoms with van der Waals surface area (Å²) in [5, 5.41) is 19.3. The van der Waals surface area contributed by atoms with Crippen molar-refractivity contribution in [3.8, 4) is 0 Å². The monoisotopic (exact) mass is 546 g/mol. The standard InChI is InChI=1S/C30H34N4O4S/c1-4-22(19-5-7-21(8-6-19)33-28-23-17-31-13-9-20(23)10-14-32-28)24(29(36)37)34-26-25(39-18(2)3)27(35)30(26)11-15-38-16-12-30/h5-10,13-14,17-18,22,24,34H,4,11-12,15-16H2,1-3H3,(H,32,33)(H,36,37)/t22?,24-/m0/s1. The molecule has 2 aromatic heterocycles. The number of pyridine rings is 2.